The van der Waals surface area contributed by atoms with Crippen LogP contribution in [0.4, 0.5) is 45.2 Å². The van der Waals surface area contributed by atoms with Crippen molar-refractivity contribution in [3.8, 4) is 136 Å². The monoisotopic (exact) mass is 1570 g/mol. The standard InChI is InChI=1S/C44H28N4.C35H20F9N3O3S.C13H10BNO2/c1-45-41-26-24-31(25-27-41)30-12-14-32(15-13-30)38-22-18-34-19-23-39(29-40(34)28-38)33-16-20-37(21-17-33)44-47-42(35-8-4-2-5-9-35)46-43(48-44)36-10-6-3-7-11-36;36-32(37,34(40,41)42)33(38,39)35(43,44)51(48,49)50-28-18-17-22-13-16-26(19-27(22)20-28)21-11-14-25(15-12-21)31-46-29(23-7-3-1-4-8-23)45-30(47-31)24-9-5-2-6-10-24;15-9-10-1-3-11(4-2-10)12-5-7-13(8-6-12)14(16)17/h2-29H;1-20H;1-8,16-17H. The lowest BCUT2D eigenvalue weighted by Gasteiger charge is -2.32. The topological polar surface area (TPSA) is 189 Å². The molecule has 0 fully saturated rings. The molecule has 0 spiro atoms. The number of nitrogens with zero attached hydrogens (tertiary/aromatic N) is 8. The molecule has 0 saturated heterocycles. The highest BCUT2D eigenvalue weighted by molar-refractivity contribution is 7.88. The quantitative estimate of drug-likeness (QED) is 0.0380. The second-order valence-electron chi connectivity index (χ2n) is 26.4. The Hall–Kier alpha value is -14.3. The molecule has 0 bridgehead atoms. The van der Waals surface area contributed by atoms with E-state index < -0.39 is 46.3 Å². The Morgan fingerprint density at radius 3 is 0.905 bits per heavy atom. The van der Waals surface area contributed by atoms with E-state index in [0.29, 0.717) is 73.7 Å². The van der Waals surface area contributed by atoms with Crippen molar-refractivity contribution < 1.29 is 62.2 Å². The average molecular weight is 1570 g/mol. The van der Waals surface area contributed by atoms with Crippen molar-refractivity contribution in [1.29, 1.82) is 5.26 Å². The zero-order valence-corrected chi connectivity index (χ0v) is 61.2. The molecule has 2 heterocycles. The molecule has 568 valence electrons. The van der Waals surface area contributed by atoms with E-state index in [2.05, 4.69) is 115 Å². The van der Waals surface area contributed by atoms with Crippen LogP contribution in [0.5, 0.6) is 5.75 Å². The molecular formula is C92H58BF9N8O5S. The fourth-order valence-electron chi connectivity index (χ4n) is 12.4. The van der Waals surface area contributed by atoms with Gasteiger partial charge in [-0.2, -0.15) is 53.2 Å². The molecule has 0 amide bonds. The lowest BCUT2D eigenvalue weighted by Crippen LogP contribution is -2.63. The summed E-state index contributed by atoms with van der Waals surface area (Å²) in [6.45, 7) is 7.18. The van der Waals surface area contributed by atoms with Crippen molar-refractivity contribution in [3.63, 3.8) is 0 Å². The second kappa shape index (κ2) is 33.2. The van der Waals surface area contributed by atoms with Gasteiger partial charge in [0.1, 0.15) is 5.75 Å². The molecule has 0 unspecified atom stereocenters. The zero-order chi connectivity index (χ0) is 81.4. The Kier molecular flexibility index (Phi) is 22.4. The predicted octanol–water partition coefficient (Wildman–Crippen LogP) is 22.3. The van der Waals surface area contributed by atoms with Gasteiger partial charge in [-0.05, 0) is 125 Å². The molecule has 0 aliphatic heterocycles. The van der Waals surface area contributed by atoms with E-state index in [4.69, 9.17) is 36.8 Å². The van der Waals surface area contributed by atoms with Crippen molar-refractivity contribution in [2.45, 2.75) is 23.3 Å². The Bertz CT molecular complexity index is 6310. The average Bonchev–Trinajstić information content (AvgIpc) is 0.720. The van der Waals surface area contributed by atoms with E-state index >= 15 is 0 Å². The minimum atomic E-state index is -7.42. The molecule has 0 radical (unpaired) electrons. The van der Waals surface area contributed by atoms with Crippen LogP contribution in [-0.4, -0.2) is 78.8 Å². The molecule has 16 rings (SSSR count). The Labute approximate surface area is 659 Å². The molecule has 0 aliphatic rings. The van der Waals surface area contributed by atoms with E-state index in [0.717, 1.165) is 85.0 Å². The summed E-state index contributed by atoms with van der Waals surface area (Å²) in [4.78, 5) is 32.0. The van der Waals surface area contributed by atoms with Gasteiger partial charge in [0, 0.05) is 33.4 Å². The van der Waals surface area contributed by atoms with Crippen LogP contribution in [0, 0.1) is 17.9 Å². The first kappa shape index (κ1) is 78.4. The summed E-state index contributed by atoms with van der Waals surface area (Å²) in [6, 6.07) is 107. The van der Waals surface area contributed by atoms with Gasteiger partial charge in [0.15, 0.2) is 40.6 Å². The molecule has 16 aromatic rings. The smallest absolute Gasteiger partial charge is 0.423 e. The summed E-state index contributed by atoms with van der Waals surface area (Å²) in [6.07, 6.45) is -7.20. The van der Waals surface area contributed by atoms with Crippen LogP contribution >= 0.6 is 0 Å². The summed E-state index contributed by atoms with van der Waals surface area (Å²) in [5.41, 5.74) is 16.6. The summed E-state index contributed by atoms with van der Waals surface area (Å²) in [5, 5.41) is 22.5. The third-order valence-corrected chi connectivity index (χ3v) is 20.0. The zero-order valence-electron chi connectivity index (χ0n) is 60.4. The number of aromatic nitrogens is 6. The minimum absolute atomic E-state index is 0.123. The van der Waals surface area contributed by atoms with Crippen LogP contribution in [-0.2, 0) is 10.1 Å². The Balaban J connectivity index is 0.000000159. The second-order valence-corrected chi connectivity index (χ2v) is 27.9. The van der Waals surface area contributed by atoms with Gasteiger partial charge in [-0.15, -0.1) is 0 Å². The number of fused-ring (bicyclic) bond motifs is 2. The summed E-state index contributed by atoms with van der Waals surface area (Å²) < 4.78 is 148. The molecule has 2 N–H and O–H groups in total. The maximum Gasteiger partial charge on any atom is 0.488 e. The number of rotatable bonds is 17. The highest BCUT2D eigenvalue weighted by Gasteiger charge is 2.86. The normalized spacial score (nSPS) is 11.6. The third kappa shape index (κ3) is 17.0. The largest absolute Gasteiger partial charge is 0.488 e. The first-order chi connectivity index (χ1) is 55.8. The molecule has 13 nitrogen and oxygen atoms in total. The molecule has 0 saturated carbocycles. The van der Waals surface area contributed by atoms with Crippen molar-refractivity contribution in [1.82, 2.24) is 29.9 Å². The number of halogens is 9. The van der Waals surface area contributed by atoms with Crippen LogP contribution in [0.3, 0.4) is 0 Å². The lowest BCUT2D eigenvalue weighted by molar-refractivity contribution is -0.382. The van der Waals surface area contributed by atoms with Crippen LogP contribution in [0.1, 0.15) is 5.56 Å². The highest BCUT2D eigenvalue weighted by atomic mass is 32.2. The predicted molar refractivity (Wildman–Crippen MR) is 432 cm³/mol. The van der Waals surface area contributed by atoms with Gasteiger partial charge in [0.2, 0.25) is 0 Å². The molecule has 0 aliphatic carbocycles. The van der Waals surface area contributed by atoms with Gasteiger partial charge in [0.25, 0.3) is 0 Å². The van der Waals surface area contributed by atoms with Crippen molar-refractivity contribution in [2.75, 3.05) is 0 Å². The maximum absolute atomic E-state index is 14.2. The number of nitriles is 1. The molecule has 0 atom stereocenters. The molecule has 24 heteroatoms. The van der Waals surface area contributed by atoms with Gasteiger partial charge in [-0.25, -0.2) is 34.7 Å². The summed E-state index contributed by atoms with van der Waals surface area (Å²) >= 11 is 0. The van der Waals surface area contributed by atoms with Crippen molar-refractivity contribution in [3.05, 3.63) is 357 Å². The van der Waals surface area contributed by atoms with Gasteiger partial charge in [0.05, 0.1) is 18.2 Å². The van der Waals surface area contributed by atoms with Gasteiger partial charge in [-0.3, -0.25) is 0 Å². The van der Waals surface area contributed by atoms with E-state index in [1.807, 2.05) is 170 Å². The van der Waals surface area contributed by atoms with Crippen LogP contribution in [0.15, 0.2) is 340 Å². The summed E-state index contributed by atoms with van der Waals surface area (Å²) in [5.74, 6) is -12.7. The van der Waals surface area contributed by atoms with Crippen LogP contribution < -0.4 is 9.65 Å². The van der Waals surface area contributed by atoms with E-state index in [-0.39, 0.29) is 5.39 Å². The van der Waals surface area contributed by atoms with E-state index in [1.54, 1.807) is 60.7 Å². The summed E-state index contributed by atoms with van der Waals surface area (Å²) in [7, 11) is -8.54. The highest BCUT2D eigenvalue weighted by Crippen LogP contribution is 2.55. The number of hydrogen-bond acceptors (Lipinski definition) is 12. The third-order valence-electron chi connectivity index (χ3n) is 18.7. The maximum atomic E-state index is 14.2. The number of benzene rings is 14. The van der Waals surface area contributed by atoms with Crippen molar-refractivity contribution in [2.24, 2.45) is 0 Å². The molecular weight excluding hydrogens is 1510 g/mol. The first-order valence-electron chi connectivity index (χ1n) is 35.5. The fraction of sp³-hybridized carbons (Fsp3) is 0.0435. The number of hydrogen-bond donors (Lipinski definition) is 2. The van der Waals surface area contributed by atoms with Gasteiger partial charge in [-0.1, -0.05) is 297 Å². The Morgan fingerprint density at radius 1 is 0.328 bits per heavy atom. The van der Waals surface area contributed by atoms with E-state index in [1.165, 1.54) is 22.4 Å². The Morgan fingerprint density at radius 2 is 0.595 bits per heavy atom. The molecule has 2 aromatic heterocycles. The molecule has 14 aromatic carbocycles. The van der Waals surface area contributed by atoms with Gasteiger partial charge >= 0.3 is 40.5 Å². The number of alkyl halides is 9. The van der Waals surface area contributed by atoms with E-state index in [9.17, 15) is 47.9 Å². The van der Waals surface area contributed by atoms with Crippen molar-refractivity contribution >= 4 is 49.9 Å². The SMILES string of the molecule is N#Cc1ccc(-c2ccc(B(O)O)cc2)cc1.O=S(=O)(Oc1ccc2ccc(-c3ccc(-c4nc(-c5ccccc5)nc(-c5ccccc5)n4)cc3)cc2c1)C(F)(F)C(F)(F)C(F)(F)C(F)(F)F.[C-]#[N+]c1ccc(-c2ccc(-c3ccc4ccc(-c5ccc(-c6nc(-c7ccccc7)nc(-c7ccccc7)n6)cc5)cc4c3)cc2)cc1. The van der Waals surface area contributed by atoms with Gasteiger partial charge < -0.3 is 14.2 Å². The molecule has 116 heavy (non-hydrogen) atoms. The van der Waals surface area contributed by atoms with Crippen LogP contribution in [0.25, 0.3) is 150 Å². The first-order valence-corrected chi connectivity index (χ1v) is 36.9. The lowest BCUT2D eigenvalue weighted by atomic mass is 9.80. The minimum Gasteiger partial charge on any atom is -0.423 e. The fourth-order valence-corrected chi connectivity index (χ4v) is 13.3. The van der Waals surface area contributed by atoms with Crippen LogP contribution in [0.2, 0.25) is 0 Å².